The number of hydrogen-bond acceptors (Lipinski definition) is 5. The van der Waals surface area contributed by atoms with Crippen LogP contribution in [0.15, 0.2) is 36.7 Å². The maximum atomic E-state index is 12.3. The summed E-state index contributed by atoms with van der Waals surface area (Å²) >= 11 is 0. The molecule has 0 saturated carbocycles. The van der Waals surface area contributed by atoms with E-state index in [-0.39, 0.29) is 18.1 Å². The number of morpholine rings is 1. The van der Waals surface area contributed by atoms with Gasteiger partial charge in [-0.3, -0.25) is 14.7 Å². The summed E-state index contributed by atoms with van der Waals surface area (Å²) < 4.78 is 5.81. The zero-order valence-corrected chi connectivity index (χ0v) is 15.6. The van der Waals surface area contributed by atoms with Gasteiger partial charge in [-0.05, 0) is 31.9 Å². The van der Waals surface area contributed by atoms with Crippen molar-refractivity contribution in [2.45, 2.75) is 46.1 Å². The Morgan fingerprint density at radius 1 is 1.15 bits per heavy atom. The molecule has 2 heterocycles. The lowest BCUT2D eigenvalue weighted by Crippen LogP contribution is -2.45. The minimum atomic E-state index is -0.207. The third kappa shape index (κ3) is 4.86. The third-order valence-electron chi connectivity index (χ3n) is 4.46. The van der Waals surface area contributed by atoms with Crippen LogP contribution in [-0.4, -0.2) is 46.1 Å². The van der Waals surface area contributed by atoms with E-state index in [4.69, 9.17) is 4.74 Å². The van der Waals surface area contributed by atoms with Crippen molar-refractivity contribution in [2.24, 2.45) is 0 Å². The molecule has 3 rings (SSSR count). The molecule has 26 heavy (non-hydrogen) atoms. The van der Waals surface area contributed by atoms with Crippen LogP contribution >= 0.6 is 0 Å². The van der Waals surface area contributed by atoms with Gasteiger partial charge in [0.25, 0.3) is 5.91 Å². The highest BCUT2D eigenvalue weighted by molar-refractivity contribution is 5.91. The maximum Gasteiger partial charge on any atom is 0.271 e. The first kappa shape index (κ1) is 18.5. The van der Waals surface area contributed by atoms with E-state index in [2.05, 4.69) is 46.2 Å². The van der Waals surface area contributed by atoms with Crippen molar-refractivity contribution < 1.29 is 9.53 Å². The number of nitrogens with one attached hydrogen (secondary N) is 1. The van der Waals surface area contributed by atoms with E-state index in [1.165, 1.54) is 11.8 Å². The number of benzene rings is 1. The lowest BCUT2D eigenvalue weighted by molar-refractivity contribution is -0.0705. The SMILES string of the molecule is Cc1cnc(C(=O)NCc2ccccc2CN2C[C@@H](C)O[C@H](C)C2)cn1. The molecule has 1 amide bonds. The smallest absolute Gasteiger partial charge is 0.271 e. The second-order valence-electron chi connectivity index (χ2n) is 6.95. The predicted octanol–water partition coefficient (Wildman–Crippen LogP) is 2.32. The average molecular weight is 354 g/mol. The Hall–Kier alpha value is -2.31. The lowest BCUT2D eigenvalue weighted by Gasteiger charge is -2.35. The molecular formula is C20H26N4O2. The molecule has 2 aromatic rings. The van der Waals surface area contributed by atoms with E-state index < -0.39 is 0 Å². The molecule has 1 aromatic carbocycles. The van der Waals surface area contributed by atoms with E-state index in [0.29, 0.717) is 12.2 Å². The van der Waals surface area contributed by atoms with E-state index in [9.17, 15) is 4.79 Å². The summed E-state index contributed by atoms with van der Waals surface area (Å²) in [7, 11) is 0. The molecule has 1 saturated heterocycles. The second kappa shape index (κ2) is 8.38. The molecule has 6 nitrogen and oxygen atoms in total. The fraction of sp³-hybridized carbons (Fsp3) is 0.450. The highest BCUT2D eigenvalue weighted by Gasteiger charge is 2.22. The van der Waals surface area contributed by atoms with Crippen LogP contribution in [0.5, 0.6) is 0 Å². The van der Waals surface area contributed by atoms with Gasteiger partial charge < -0.3 is 10.1 Å². The second-order valence-corrected chi connectivity index (χ2v) is 6.95. The monoisotopic (exact) mass is 354 g/mol. The standard InChI is InChI=1S/C20H26N4O2/c1-14-8-22-19(10-21-14)20(25)23-9-17-6-4-5-7-18(17)13-24-11-15(2)26-16(3)12-24/h4-8,10,15-16H,9,11-13H2,1-3H3,(H,23,25)/t15-,16-/m1/s1. The molecule has 1 fully saturated rings. The Kier molecular flexibility index (Phi) is 5.96. The number of aryl methyl sites for hydroxylation is 1. The van der Waals surface area contributed by atoms with Crippen molar-refractivity contribution in [3.8, 4) is 0 Å². The van der Waals surface area contributed by atoms with Crippen LogP contribution in [0.1, 0.15) is 41.2 Å². The van der Waals surface area contributed by atoms with Gasteiger partial charge >= 0.3 is 0 Å². The van der Waals surface area contributed by atoms with Crippen molar-refractivity contribution in [1.82, 2.24) is 20.2 Å². The summed E-state index contributed by atoms with van der Waals surface area (Å²) in [5.41, 5.74) is 3.47. The Labute approximate surface area is 154 Å². The highest BCUT2D eigenvalue weighted by atomic mass is 16.5. The molecule has 138 valence electrons. The molecule has 1 N–H and O–H groups in total. The minimum absolute atomic E-state index is 0.207. The Balaban J connectivity index is 1.63. The van der Waals surface area contributed by atoms with Gasteiger partial charge in [0.1, 0.15) is 5.69 Å². The molecule has 0 unspecified atom stereocenters. The van der Waals surface area contributed by atoms with Crippen molar-refractivity contribution in [1.29, 1.82) is 0 Å². The highest BCUT2D eigenvalue weighted by Crippen LogP contribution is 2.17. The first-order valence-electron chi connectivity index (χ1n) is 9.02. The van der Waals surface area contributed by atoms with Gasteiger partial charge in [0.2, 0.25) is 0 Å². The van der Waals surface area contributed by atoms with E-state index in [1.807, 2.05) is 19.1 Å². The molecule has 0 spiro atoms. The molecule has 0 radical (unpaired) electrons. The third-order valence-corrected chi connectivity index (χ3v) is 4.46. The van der Waals surface area contributed by atoms with E-state index >= 15 is 0 Å². The van der Waals surface area contributed by atoms with Gasteiger partial charge in [-0.15, -0.1) is 0 Å². The predicted molar refractivity (Wildman–Crippen MR) is 99.7 cm³/mol. The van der Waals surface area contributed by atoms with Crippen LogP contribution in [0.25, 0.3) is 0 Å². The Morgan fingerprint density at radius 2 is 1.85 bits per heavy atom. The van der Waals surface area contributed by atoms with Crippen molar-refractivity contribution in [2.75, 3.05) is 13.1 Å². The van der Waals surface area contributed by atoms with Gasteiger partial charge in [0.15, 0.2) is 0 Å². The van der Waals surface area contributed by atoms with Crippen molar-refractivity contribution in [3.63, 3.8) is 0 Å². The van der Waals surface area contributed by atoms with Gasteiger partial charge in [-0.1, -0.05) is 24.3 Å². The number of rotatable bonds is 5. The van der Waals surface area contributed by atoms with E-state index in [0.717, 1.165) is 30.9 Å². The molecule has 6 heteroatoms. The van der Waals surface area contributed by atoms with Gasteiger partial charge in [-0.2, -0.15) is 0 Å². The molecular weight excluding hydrogens is 328 g/mol. The first-order valence-corrected chi connectivity index (χ1v) is 9.02. The molecule has 0 aliphatic carbocycles. The minimum Gasteiger partial charge on any atom is -0.373 e. The topological polar surface area (TPSA) is 67.4 Å². The number of carbonyl (C=O) groups is 1. The molecule has 1 aliphatic rings. The summed E-state index contributed by atoms with van der Waals surface area (Å²) in [5.74, 6) is -0.207. The lowest BCUT2D eigenvalue weighted by atomic mass is 10.1. The summed E-state index contributed by atoms with van der Waals surface area (Å²) in [5, 5.41) is 2.95. The maximum absolute atomic E-state index is 12.3. The Bertz CT molecular complexity index is 738. The van der Waals surface area contributed by atoms with Crippen LogP contribution in [-0.2, 0) is 17.8 Å². The number of aromatic nitrogens is 2. The summed E-state index contributed by atoms with van der Waals surface area (Å²) in [4.78, 5) is 22.9. The zero-order chi connectivity index (χ0) is 18.5. The number of hydrogen-bond donors (Lipinski definition) is 1. The van der Waals surface area contributed by atoms with Crippen LogP contribution in [0, 0.1) is 6.92 Å². The molecule has 0 bridgehead atoms. The van der Waals surface area contributed by atoms with Gasteiger partial charge in [0.05, 0.1) is 24.1 Å². The fourth-order valence-corrected chi connectivity index (χ4v) is 3.31. The first-order chi connectivity index (χ1) is 12.5. The average Bonchev–Trinajstić information content (AvgIpc) is 2.60. The van der Waals surface area contributed by atoms with Crippen LogP contribution in [0.4, 0.5) is 0 Å². The van der Waals surface area contributed by atoms with Crippen LogP contribution < -0.4 is 5.32 Å². The quantitative estimate of drug-likeness (QED) is 0.893. The number of amides is 1. The van der Waals surface area contributed by atoms with Crippen molar-refractivity contribution >= 4 is 5.91 Å². The zero-order valence-electron chi connectivity index (χ0n) is 15.6. The summed E-state index contributed by atoms with van der Waals surface area (Å²) in [6.07, 6.45) is 3.59. The number of ether oxygens (including phenoxy) is 1. The summed E-state index contributed by atoms with van der Waals surface area (Å²) in [6.45, 7) is 9.23. The van der Waals surface area contributed by atoms with Gasteiger partial charge in [0, 0.05) is 32.4 Å². The largest absolute Gasteiger partial charge is 0.373 e. The molecule has 2 atom stereocenters. The normalized spacial score (nSPS) is 20.7. The van der Waals surface area contributed by atoms with Crippen LogP contribution in [0.3, 0.4) is 0 Å². The fourth-order valence-electron chi connectivity index (χ4n) is 3.31. The van der Waals surface area contributed by atoms with E-state index in [1.54, 1.807) is 6.20 Å². The van der Waals surface area contributed by atoms with Crippen LogP contribution in [0.2, 0.25) is 0 Å². The Morgan fingerprint density at radius 3 is 2.50 bits per heavy atom. The summed E-state index contributed by atoms with van der Waals surface area (Å²) in [6, 6.07) is 8.22. The number of nitrogens with zero attached hydrogens (tertiary/aromatic N) is 3. The molecule has 1 aliphatic heterocycles. The van der Waals surface area contributed by atoms with Crippen molar-refractivity contribution in [3.05, 3.63) is 59.2 Å². The number of carbonyl (C=O) groups excluding carboxylic acids is 1. The van der Waals surface area contributed by atoms with Gasteiger partial charge in [-0.25, -0.2) is 4.98 Å². The molecule has 1 aromatic heterocycles.